The highest BCUT2D eigenvalue weighted by molar-refractivity contribution is 5.70. The van der Waals surface area contributed by atoms with Crippen molar-refractivity contribution in [3.8, 4) is 11.1 Å². The summed E-state index contributed by atoms with van der Waals surface area (Å²) in [6.07, 6.45) is 5.10. The third kappa shape index (κ3) is 5.43. The fourth-order valence-electron chi connectivity index (χ4n) is 1.94. The van der Waals surface area contributed by atoms with Gasteiger partial charge in [-0.25, -0.2) is 0 Å². The first-order valence-corrected chi connectivity index (χ1v) is 7.59. The van der Waals surface area contributed by atoms with Gasteiger partial charge < -0.3 is 0 Å². The third-order valence-corrected chi connectivity index (χ3v) is 3.09. The van der Waals surface area contributed by atoms with Gasteiger partial charge in [0.05, 0.1) is 0 Å². The van der Waals surface area contributed by atoms with E-state index in [1.165, 1.54) is 34.2 Å². The van der Waals surface area contributed by atoms with Gasteiger partial charge in [0.25, 0.3) is 0 Å². The fraction of sp³-hybridized carbons (Fsp3) is 0.238. The third-order valence-electron chi connectivity index (χ3n) is 3.09. The predicted octanol–water partition coefficient (Wildman–Crippen LogP) is 6.67. The van der Waals surface area contributed by atoms with Crippen LogP contribution in [0.25, 0.3) is 16.7 Å². The Morgan fingerprint density at radius 1 is 0.905 bits per heavy atom. The van der Waals surface area contributed by atoms with Crippen LogP contribution in [0.2, 0.25) is 0 Å². The Kier molecular flexibility index (Phi) is 7.25. The molecule has 0 radical (unpaired) electrons. The van der Waals surface area contributed by atoms with Crippen LogP contribution in [-0.2, 0) is 0 Å². The lowest BCUT2D eigenvalue weighted by Gasteiger charge is -2.05. The average Bonchev–Trinajstić information content (AvgIpc) is 2.49. The van der Waals surface area contributed by atoms with Gasteiger partial charge in [-0.2, -0.15) is 0 Å². The van der Waals surface area contributed by atoms with E-state index in [1.54, 1.807) is 0 Å². The van der Waals surface area contributed by atoms with Crippen molar-refractivity contribution in [3.05, 3.63) is 78.4 Å². The maximum Gasteiger partial charge on any atom is -0.0184 e. The molecule has 0 heterocycles. The van der Waals surface area contributed by atoms with Gasteiger partial charge in [-0.1, -0.05) is 93.1 Å². The minimum atomic E-state index is 1.24. The molecule has 0 fully saturated rings. The van der Waals surface area contributed by atoms with Crippen LogP contribution in [0.3, 0.4) is 0 Å². The zero-order valence-corrected chi connectivity index (χ0v) is 13.7. The molecule has 0 N–H and O–H groups in total. The Balaban J connectivity index is 0.000000677. The second-order valence-electron chi connectivity index (χ2n) is 5.24. The smallest absolute Gasteiger partial charge is 0.0184 e. The number of hydrogen-bond acceptors (Lipinski definition) is 0. The normalized spacial score (nSPS) is 10.6. The van der Waals surface area contributed by atoms with Gasteiger partial charge in [0.1, 0.15) is 0 Å². The summed E-state index contributed by atoms with van der Waals surface area (Å²) in [7, 11) is 0. The second kappa shape index (κ2) is 8.97. The van der Waals surface area contributed by atoms with E-state index in [0.717, 1.165) is 0 Å². The highest BCUT2D eigenvalue weighted by atomic mass is 14.0. The predicted molar refractivity (Wildman–Crippen MR) is 96.4 cm³/mol. The molecule has 0 heteroatoms. The average molecular weight is 278 g/mol. The van der Waals surface area contributed by atoms with E-state index < -0.39 is 0 Å². The topological polar surface area (TPSA) is 0 Å². The van der Waals surface area contributed by atoms with Crippen LogP contribution >= 0.6 is 0 Å². The molecule has 110 valence electrons. The quantitative estimate of drug-likeness (QED) is 0.550. The molecular weight excluding hydrogens is 252 g/mol. The first-order chi connectivity index (χ1) is 10.1. The Bertz CT molecular complexity index is 568. The Morgan fingerprint density at radius 2 is 1.33 bits per heavy atom. The summed E-state index contributed by atoms with van der Waals surface area (Å²) in [5.41, 5.74) is 6.29. The maximum atomic E-state index is 3.72. The van der Waals surface area contributed by atoms with E-state index in [4.69, 9.17) is 0 Å². The van der Waals surface area contributed by atoms with Crippen molar-refractivity contribution in [2.45, 2.75) is 34.1 Å². The van der Waals surface area contributed by atoms with Crippen molar-refractivity contribution in [1.29, 1.82) is 0 Å². The molecule has 0 nitrogen and oxygen atoms in total. The number of benzene rings is 2. The number of rotatable bonds is 3. The second-order valence-corrected chi connectivity index (χ2v) is 5.24. The lowest BCUT2D eigenvalue weighted by atomic mass is 10.0. The summed E-state index contributed by atoms with van der Waals surface area (Å²) >= 11 is 0. The first-order valence-electron chi connectivity index (χ1n) is 7.59. The standard InChI is InChI=1S/C18H18.C3H8/c1-4-5-15(3)16-10-12-18(13-11-16)17-8-6-14(2)7-9-17;1-3-2/h4-13H,1H2,2-3H3;3H2,1-2H3/b15-5+;. The minimum absolute atomic E-state index is 1.24. The lowest BCUT2D eigenvalue weighted by molar-refractivity contribution is 1.09. The van der Waals surface area contributed by atoms with Crippen molar-refractivity contribution in [2.75, 3.05) is 0 Å². The van der Waals surface area contributed by atoms with Crippen LogP contribution in [-0.4, -0.2) is 0 Å². The van der Waals surface area contributed by atoms with Crippen molar-refractivity contribution in [3.63, 3.8) is 0 Å². The van der Waals surface area contributed by atoms with Crippen LogP contribution in [0.4, 0.5) is 0 Å². The molecule has 2 aromatic carbocycles. The van der Waals surface area contributed by atoms with Crippen LogP contribution in [0, 0.1) is 6.92 Å². The molecule has 0 atom stereocenters. The van der Waals surface area contributed by atoms with Crippen LogP contribution < -0.4 is 0 Å². The van der Waals surface area contributed by atoms with Gasteiger partial charge in [0, 0.05) is 0 Å². The van der Waals surface area contributed by atoms with Gasteiger partial charge in [0.15, 0.2) is 0 Å². The molecule has 2 rings (SSSR count). The molecular formula is C21H26. The molecule has 0 unspecified atom stereocenters. The molecule has 0 amide bonds. The van der Waals surface area contributed by atoms with Crippen molar-refractivity contribution in [2.24, 2.45) is 0 Å². The van der Waals surface area contributed by atoms with Crippen LogP contribution in [0.15, 0.2) is 67.3 Å². The molecule has 0 spiro atoms. The van der Waals surface area contributed by atoms with Crippen molar-refractivity contribution >= 4 is 5.57 Å². The van der Waals surface area contributed by atoms with Crippen LogP contribution in [0.1, 0.15) is 38.3 Å². The van der Waals surface area contributed by atoms with E-state index in [9.17, 15) is 0 Å². The van der Waals surface area contributed by atoms with E-state index in [1.807, 2.05) is 12.2 Å². The van der Waals surface area contributed by atoms with Gasteiger partial charge in [0.2, 0.25) is 0 Å². The first kappa shape index (κ1) is 17.0. The number of allylic oxidation sites excluding steroid dienone is 3. The molecule has 0 saturated carbocycles. The summed E-state index contributed by atoms with van der Waals surface area (Å²) in [5.74, 6) is 0. The molecule has 0 aliphatic carbocycles. The van der Waals surface area contributed by atoms with Gasteiger partial charge in [-0.15, -0.1) is 0 Å². The van der Waals surface area contributed by atoms with Crippen molar-refractivity contribution < 1.29 is 0 Å². The zero-order valence-electron chi connectivity index (χ0n) is 13.7. The molecule has 0 bridgehead atoms. The Hall–Kier alpha value is -2.08. The summed E-state index contributed by atoms with van der Waals surface area (Å²) in [6, 6.07) is 17.3. The Morgan fingerprint density at radius 3 is 1.76 bits per heavy atom. The van der Waals surface area contributed by atoms with E-state index in [-0.39, 0.29) is 0 Å². The SMILES string of the molecule is C=C/C=C(\C)c1ccc(-c2ccc(C)cc2)cc1.CCC. The van der Waals surface area contributed by atoms with Gasteiger partial charge >= 0.3 is 0 Å². The summed E-state index contributed by atoms with van der Waals surface area (Å²) in [4.78, 5) is 0. The monoisotopic (exact) mass is 278 g/mol. The molecule has 2 aromatic rings. The Labute approximate surface area is 129 Å². The van der Waals surface area contributed by atoms with E-state index in [0.29, 0.717) is 0 Å². The molecule has 0 aliphatic rings. The summed E-state index contributed by atoms with van der Waals surface area (Å²) in [6.45, 7) is 12.2. The van der Waals surface area contributed by atoms with Crippen molar-refractivity contribution in [1.82, 2.24) is 0 Å². The van der Waals surface area contributed by atoms with Crippen LogP contribution in [0.5, 0.6) is 0 Å². The molecule has 0 aliphatic heterocycles. The summed E-state index contributed by atoms with van der Waals surface area (Å²) in [5, 5.41) is 0. The largest absolute Gasteiger partial charge is 0.0991 e. The number of hydrogen-bond donors (Lipinski definition) is 0. The van der Waals surface area contributed by atoms with Gasteiger partial charge in [-0.05, 0) is 36.1 Å². The minimum Gasteiger partial charge on any atom is -0.0991 e. The van der Waals surface area contributed by atoms with E-state index >= 15 is 0 Å². The highest BCUT2D eigenvalue weighted by Gasteiger charge is 1.98. The summed E-state index contributed by atoms with van der Waals surface area (Å²) < 4.78 is 0. The maximum absolute atomic E-state index is 3.72. The van der Waals surface area contributed by atoms with Gasteiger partial charge in [-0.3, -0.25) is 0 Å². The highest BCUT2D eigenvalue weighted by Crippen LogP contribution is 2.22. The molecule has 21 heavy (non-hydrogen) atoms. The van der Waals surface area contributed by atoms with E-state index in [2.05, 4.69) is 82.8 Å². The lowest BCUT2D eigenvalue weighted by Crippen LogP contribution is -1.82. The fourth-order valence-corrected chi connectivity index (χ4v) is 1.94. The molecule has 0 saturated heterocycles. The zero-order chi connectivity index (χ0) is 15.7. The number of aryl methyl sites for hydroxylation is 1. The molecule has 0 aromatic heterocycles.